The summed E-state index contributed by atoms with van der Waals surface area (Å²) in [5, 5.41) is 6.53. The van der Waals surface area contributed by atoms with Crippen LogP contribution in [0.25, 0.3) is 0 Å². The molecular formula is C20H33FIN3O2. The lowest BCUT2D eigenvalue weighted by molar-refractivity contribution is -0.140. The minimum atomic E-state index is -0.259. The lowest BCUT2D eigenvalue weighted by Crippen LogP contribution is -2.39. The number of methoxy groups -OCH3 is 1. The monoisotopic (exact) mass is 493 g/mol. The number of carbonyl (C=O) groups is 1. The second-order valence-corrected chi connectivity index (χ2v) is 6.90. The molecule has 0 aliphatic rings. The fraction of sp³-hybridized carbons (Fsp3) is 0.600. The average Bonchev–Trinajstić information content (AvgIpc) is 2.62. The molecule has 27 heavy (non-hydrogen) atoms. The molecule has 0 amide bonds. The number of aliphatic imine (C=N–C) groups is 1. The van der Waals surface area contributed by atoms with Crippen molar-refractivity contribution in [2.45, 2.75) is 51.9 Å². The molecule has 0 fully saturated rings. The molecule has 0 aliphatic heterocycles. The van der Waals surface area contributed by atoms with E-state index < -0.39 is 0 Å². The summed E-state index contributed by atoms with van der Waals surface area (Å²) in [6.45, 7) is 8.24. The van der Waals surface area contributed by atoms with Gasteiger partial charge in [-0.05, 0) is 37.5 Å². The van der Waals surface area contributed by atoms with Gasteiger partial charge in [0.1, 0.15) is 5.82 Å². The van der Waals surface area contributed by atoms with Gasteiger partial charge in [0.15, 0.2) is 5.96 Å². The number of ether oxygens (including phenoxy) is 1. The van der Waals surface area contributed by atoms with Crippen LogP contribution in [0.3, 0.4) is 0 Å². The maximum absolute atomic E-state index is 13.5. The number of nitrogens with zero attached hydrogens (tertiary/aromatic N) is 1. The molecule has 2 N–H and O–H groups in total. The fourth-order valence-corrected chi connectivity index (χ4v) is 2.50. The first-order chi connectivity index (χ1) is 12.4. The van der Waals surface area contributed by atoms with Crippen LogP contribution < -0.4 is 10.6 Å². The van der Waals surface area contributed by atoms with Crippen LogP contribution in [0, 0.1) is 5.82 Å². The number of halogens is 2. The molecule has 5 nitrogen and oxygen atoms in total. The first-order valence-electron chi connectivity index (χ1n) is 9.24. The van der Waals surface area contributed by atoms with Gasteiger partial charge in [-0.25, -0.2) is 4.39 Å². The van der Waals surface area contributed by atoms with Crippen molar-refractivity contribution in [2.24, 2.45) is 4.99 Å². The van der Waals surface area contributed by atoms with Crippen LogP contribution >= 0.6 is 24.0 Å². The summed E-state index contributed by atoms with van der Waals surface area (Å²) in [6, 6.07) is 6.68. The van der Waals surface area contributed by atoms with Crippen molar-refractivity contribution in [1.82, 2.24) is 10.6 Å². The van der Waals surface area contributed by atoms with E-state index in [1.165, 1.54) is 13.2 Å². The molecule has 0 unspecified atom stereocenters. The van der Waals surface area contributed by atoms with Gasteiger partial charge < -0.3 is 15.4 Å². The average molecular weight is 493 g/mol. The molecule has 0 saturated carbocycles. The fourth-order valence-electron chi connectivity index (χ4n) is 2.50. The molecular weight excluding hydrogens is 460 g/mol. The molecule has 0 radical (unpaired) electrons. The SMILES string of the molecule is CCNC(=NCC(C)(C)c1cccc(F)c1)NCCCCCC(=O)OC.I. The van der Waals surface area contributed by atoms with Crippen LogP contribution in [-0.2, 0) is 14.9 Å². The number of carbonyl (C=O) groups excluding carboxylic acids is 1. The third-order valence-corrected chi connectivity index (χ3v) is 4.16. The van der Waals surface area contributed by atoms with Crippen molar-refractivity contribution < 1.29 is 13.9 Å². The van der Waals surface area contributed by atoms with Crippen LogP contribution in [0.1, 0.15) is 52.0 Å². The minimum absolute atomic E-state index is 0. The van der Waals surface area contributed by atoms with E-state index >= 15 is 0 Å². The number of hydrogen-bond acceptors (Lipinski definition) is 3. The first kappa shape index (κ1) is 25.6. The summed E-state index contributed by atoms with van der Waals surface area (Å²) in [4.78, 5) is 15.7. The van der Waals surface area contributed by atoms with E-state index in [0.29, 0.717) is 13.0 Å². The van der Waals surface area contributed by atoms with Crippen molar-refractivity contribution in [3.8, 4) is 0 Å². The van der Waals surface area contributed by atoms with Crippen LogP contribution in [0.4, 0.5) is 4.39 Å². The van der Waals surface area contributed by atoms with Gasteiger partial charge in [0.2, 0.25) is 0 Å². The second kappa shape index (κ2) is 13.7. The van der Waals surface area contributed by atoms with Crippen molar-refractivity contribution in [1.29, 1.82) is 0 Å². The summed E-state index contributed by atoms with van der Waals surface area (Å²) in [5.41, 5.74) is 0.672. The van der Waals surface area contributed by atoms with Gasteiger partial charge in [-0.1, -0.05) is 32.4 Å². The molecule has 0 bridgehead atoms. The maximum Gasteiger partial charge on any atom is 0.305 e. The highest BCUT2D eigenvalue weighted by molar-refractivity contribution is 14.0. The maximum atomic E-state index is 13.5. The van der Waals surface area contributed by atoms with Gasteiger partial charge in [0, 0.05) is 24.9 Å². The van der Waals surface area contributed by atoms with E-state index in [-0.39, 0.29) is 41.2 Å². The van der Waals surface area contributed by atoms with E-state index in [1.54, 1.807) is 12.1 Å². The summed E-state index contributed by atoms with van der Waals surface area (Å²) >= 11 is 0. The smallest absolute Gasteiger partial charge is 0.305 e. The Morgan fingerprint density at radius 1 is 1.22 bits per heavy atom. The predicted molar refractivity (Wildman–Crippen MR) is 119 cm³/mol. The molecule has 0 saturated heterocycles. The van der Waals surface area contributed by atoms with Gasteiger partial charge in [-0.3, -0.25) is 9.79 Å². The van der Waals surface area contributed by atoms with E-state index in [2.05, 4.69) is 34.2 Å². The quantitative estimate of drug-likeness (QED) is 0.170. The Morgan fingerprint density at radius 3 is 2.59 bits per heavy atom. The molecule has 154 valence electrons. The number of guanidine groups is 1. The van der Waals surface area contributed by atoms with Crippen LogP contribution in [0.2, 0.25) is 0 Å². The molecule has 1 rings (SSSR count). The zero-order valence-corrected chi connectivity index (χ0v) is 19.1. The van der Waals surface area contributed by atoms with Crippen LogP contribution in [-0.4, -0.2) is 38.7 Å². The molecule has 0 spiro atoms. The minimum Gasteiger partial charge on any atom is -0.469 e. The molecule has 7 heteroatoms. The Kier molecular flexibility index (Phi) is 13.0. The topological polar surface area (TPSA) is 62.7 Å². The summed E-state index contributed by atoms with van der Waals surface area (Å²) in [7, 11) is 1.41. The number of hydrogen-bond donors (Lipinski definition) is 2. The Bertz CT molecular complexity index is 594. The molecule has 1 aromatic rings. The zero-order chi connectivity index (χ0) is 19.4. The Balaban J connectivity index is 0.00000676. The van der Waals surface area contributed by atoms with Gasteiger partial charge in [0.25, 0.3) is 0 Å². The van der Waals surface area contributed by atoms with E-state index in [1.807, 2.05) is 13.0 Å². The number of unbranched alkanes of at least 4 members (excludes halogenated alkanes) is 2. The summed E-state index contributed by atoms with van der Waals surface area (Å²) in [6.07, 6.45) is 3.20. The second-order valence-electron chi connectivity index (χ2n) is 6.90. The molecule has 1 aromatic carbocycles. The van der Waals surface area contributed by atoms with Crippen molar-refractivity contribution >= 4 is 35.9 Å². The number of rotatable bonds is 10. The van der Waals surface area contributed by atoms with E-state index in [4.69, 9.17) is 0 Å². The Morgan fingerprint density at radius 2 is 1.96 bits per heavy atom. The van der Waals surface area contributed by atoms with Crippen molar-refractivity contribution in [2.75, 3.05) is 26.7 Å². The van der Waals surface area contributed by atoms with Crippen LogP contribution in [0.5, 0.6) is 0 Å². The molecule has 0 aliphatic carbocycles. The third-order valence-electron chi connectivity index (χ3n) is 4.16. The number of benzene rings is 1. The first-order valence-corrected chi connectivity index (χ1v) is 9.24. The lowest BCUT2D eigenvalue weighted by Gasteiger charge is -2.24. The Labute approximate surface area is 179 Å². The van der Waals surface area contributed by atoms with Crippen molar-refractivity contribution in [3.63, 3.8) is 0 Å². The molecule has 0 atom stereocenters. The largest absolute Gasteiger partial charge is 0.469 e. The molecule has 0 aromatic heterocycles. The number of nitrogens with one attached hydrogen (secondary N) is 2. The molecule has 0 heterocycles. The highest BCUT2D eigenvalue weighted by Gasteiger charge is 2.21. The highest BCUT2D eigenvalue weighted by atomic mass is 127. The normalized spacial score (nSPS) is 11.5. The number of esters is 1. The van der Waals surface area contributed by atoms with E-state index in [9.17, 15) is 9.18 Å². The highest BCUT2D eigenvalue weighted by Crippen LogP contribution is 2.24. The van der Waals surface area contributed by atoms with Gasteiger partial charge >= 0.3 is 5.97 Å². The standard InChI is InChI=1S/C20H32FN3O2.HI/c1-5-22-19(23-13-8-6-7-12-18(25)26-4)24-15-20(2,3)16-10-9-11-17(21)14-16;/h9-11,14H,5-8,12-13,15H2,1-4H3,(H2,22,23,24);1H. The van der Waals surface area contributed by atoms with Gasteiger partial charge in [0.05, 0.1) is 13.7 Å². The van der Waals surface area contributed by atoms with E-state index in [0.717, 1.165) is 43.9 Å². The summed E-state index contributed by atoms with van der Waals surface area (Å²) < 4.78 is 18.1. The summed E-state index contributed by atoms with van der Waals surface area (Å²) in [5.74, 6) is 0.369. The van der Waals surface area contributed by atoms with Crippen molar-refractivity contribution in [3.05, 3.63) is 35.6 Å². The van der Waals surface area contributed by atoms with Gasteiger partial charge in [-0.15, -0.1) is 24.0 Å². The zero-order valence-electron chi connectivity index (χ0n) is 16.8. The lowest BCUT2D eigenvalue weighted by atomic mass is 9.85. The predicted octanol–water partition coefficient (Wildman–Crippen LogP) is 4.01. The van der Waals surface area contributed by atoms with Gasteiger partial charge in [-0.2, -0.15) is 0 Å². The third kappa shape index (κ3) is 10.5. The Hall–Kier alpha value is -1.38. The van der Waals surface area contributed by atoms with Crippen LogP contribution in [0.15, 0.2) is 29.3 Å².